The van der Waals surface area contributed by atoms with Crippen LogP contribution in [-0.2, 0) is 13.5 Å². The number of H-pyrrole nitrogens is 1. The summed E-state index contributed by atoms with van der Waals surface area (Å²) in [4.78, 5) is 43.0. The first kappa shape index (κ1) is 27.3. The Morgan fingerprint density at radius 3 is 2.60 bits per heavy atom. The maximum Gasteiger partial charge on any atom is 0.277 e. The Kier molecular flexibility index (Phi) is 8.06. The SMILES string of the molecule is CCCc1nn(C)c2c(=O)[nH]c(-c3cc(OC4CCN(c5ncc(C(=O)CO)cn5)CC4)ccc3OCC)nc12. The van der Waals surface area contributed by atoms with E-state index in [1.54, 1.807) is 11.7 Å². The molecule has 0 radical (unpaired) electrons. The first-order valence-corrected chi connectivity index (χ1v) is 13.5. The van der Waals surface area contributed by atoms with E-state index >= 15 is 0 Å². The Bertz CT molecular complexity index is 1560. The van der Waals surface area contributed by atoms with Crippen molar-refractivity contribution in [1.82, 2.24) is 29.7 Å². The number of ketones is 1. The molecule has 1 aliphatic rings. The third-order valence-electron chi connectivity index (χ3n) is 6.89. The van der Waals surface area contributed by atoms with Crippen LogP contribution in [0.15, 0.2) is 35.4 Å². The molecule has 0 bridgehead atoms. The fourth-order valence-electron chi connectivity index (χ4n) is 4.91. The molecule has 210 valence electrons. The smallest absolute Gasteiger partial charge is 0.277 e. The highest BCUT2D eigenvalue weighted by molar-refractivity contribution is 5.96. The van der Waals surface area contributed by atoms with Crippen molar-refractivity contribution < 1.29 is 19.4 Å². The van der Waals surface area contributed by atoms with Gasteiger partial charge in [-0.25, -0.2) is 15.0 Å². The molecular weight excluding hydrogens is 514 g/mol. The number of hydrogen-bond donors (Lipinski definition) is 2. The van der Waals surface area contributed by atoms with Gasteiger partial charge in [0.05, 0.1) is 23.4 Å². The van der Waals surface area contributed by atoms with Gasteiger partial charge < -0.3 is 24.5 Å². The lowest BCUT2D eigenvalue weighted by Gasteiger charge is -2.32. The van der Waals surface area contributed by atoms with Crippen molar-refractivity contribution >= 4 is 22.8 Å². The first-order chi connectivity index (χ1) is 19.4. The van der Waals surface area contributed by atoms with Gasteiger partial charge in [-0.15, -0.1) is 0 Å². The van der Waals surface area contributed by atoms with Crippen LogP contribution >= 0.6 is 0 Å². The van der Waals surface area contributed by atoms with Gasteiger partial charge in [-0.3, -0.25) is 14.3 Å². The number of Topliss-reactive ketones (excluding diaryl/α,β-unsaturated/α-hetero) is 1. The lowest BCUT2D eigenvalue weighted by Crippen LogP contribution is -2.39. The van der Waals surface area contributed by atoms with Crippen LogP contribution in [-0.4, -0.2) is 73.0 Å². The van der Waals surface area contributed by atoms with Crippen LogP contribution < -0.4 is 19.9 Å². The first-order valence-electron chi connectivity index (χ1n) is 13.5. The normalized spacial score (nSPS) is 14.1. The summed E-state index contributed by atoms with van der Waals surface area (Å²) in [6.45, 7) is 5.25. The average Bonchev–Trinajstić information content (AvgIpc) is 3.29. The number of fused-ring (bicyclic) bond motifs is 1. The standard InChI is InChI=1S/C28H33N7O5/c1-4-6-21-24-25(34(3)33-21)27(38)32-26(31-24)20-13-19(7-8-23(20)39-5-2)40-18-9-11-35(12-10-18)28-29-14-17(15-30-28)22(37)16-36/h7-8,13-15,18,36H,4-6,9-12,16H2,1-3H3,(H,31,32,38). The molecule has 12 nitrogen and oxygen atoms in total. The van der Waals surface area contributed by atoms with E-state index in [0.29, 0.717) is 59.6 Å². The zero-order chi connectivity index (χ0) is 28.2. The minimum Gasteiger partial charge on any atom is -0.493 e. The van der Waals surface area contributed by atoms with Gasteiger partial charge in [-0.05, 0) is 31.5 Å². The minimum atomic E-state index is -0.567. The summed E-state index contributed by atoms with van der Waals surface area (Å²) >= 11 is 0. The second-order valence-electron chi connectivity index (χ2n) is 9.68. The Morgan fingerprint density at radius 2 is 1.93 bits per heavy atom. The van der Waals surface area contributed by atoms with Gasteiger partial charge in [0.15, 0.2) is 11.3 Å². The predicted molar refractivity (Wildman–Crippen MR) is 149 cm³/mol. The van der Waals surface area contributed by atoms with Gasteiger partial charge in [0, 0.05) is 45.4 Å². The van der Waals surface area contributed by atoms with Crippen molar-refractivity contribution in [3.63, 3.8) is 0 Å². The van der Waals surface area contributed by atoms with E-state index < -0.39 is 12.4 Å². The zero-order valence-electron chi connectivity index (χ0n) is 22.9. The molecule has 1 aliphatic heterocycles. The number of anilines is 1. The van der Waals surface area contributed by atoms with Crippen LogP contribution in [0.1, 0.15) is 49.2 Å². The van der Waals surface area contributed by atoms with Crippen LogP contribution in [0, 0.1) is 0 Å². The highest BCUT2D eigenvalue weighted by Crippen LogP contribution is 2.33. The number of aliphatic hydroxyl groups excluding tert-OH is 1. The van der Waals surface area contributed by atoms with Crippen LogP contribution in [0.2, 0.25) is 0 Å². The lowest BCUT2D eigenvalue weighted by atomic mass is 10.1. The number of carbonyl (C=O) groups is 1. The van der Waals surface area contributed by atoms with E-state index in [1.807, 2.05) is 30.0 Å². The molecule has 40 heavy (non-hydrogen) atoms. The molecule has 4 aromatic rings. The summed E-state index contributed by atoms with van der Waals surface area (Å²) in [5, 5.41) is 13.5. The number of aromatic amines is 1. The molecule has 12 heteroatoms. The molecule has 1 fully saturated rings. The molecule has 0 spiro atoms. The van der Waals surface area contributed by atoms with Gasteiger partial charge >= 0.3 is 0 Å². The number of aryl methyl sites for hydroxylation is 2. The maximum absolute atomic E-state index is 13.0. The number of carbonyl (C=O) groups excluding carboxylic acids is 1. The maximum atomic E-state index is 13.0. The van der Waals surface area contributed by atoms with Crippen molar-refractivity contribution in [3.8, 4) is 22.9 Å². The van der Waals surface area contributed by atoms with Gasteiger partial charge in [0.2, 0.25) is 5.95 Å². The van der Waals surface area contributed by atoms with Crippen molar-refractivity contribution in [1.29, 1.82) is 0 Å². The average molecular weight is 548 g/mol. The molecule has 0 aliphatic carbocycles. The van der Waals surface area contributed by atoms with Crippen molar-refractivity contribution in [2.45, 2.75) is 45.6 Å². The Morgan fingerprint density at radius 1 is 1.18 bits per heavy atom. The van der Waals surface area contributed by atoms with Crippen LogP contribution in [0.5, 0.6) is 11.5 Å². The van der Waals surface area contributed by atoms with Crippen molar-refractivity contribution in [2.75, 3.05) is 31.2 Å². The zero-order valence-corrected chi connectivity index (χ0v) is 22.9. The Balaban J connectivity index is 1.35. The van der Waals surface area contributed by atoms with Gasteiger partial charge in [0.1, 0.15) is 35.6 Å². The third-order valence-corrected chi connectivity index (χ3v) is 6.89. The quantitative estimate of drug-likeness (QED) is 0.284. The number of aromatic nitrogens is 6. The van der Waals surface area contributed by atoms with Crippen molar-refractivity contribution in [3.05, 3.63) is 52.2 Å². The minimum absolute atomic E-state index is 0.0266. The fraction of sp³-hybridized carbons (Fsp3) is 0.429. The number of aliphatic hydroxyl groups is 1. The van der Waals surface area contributed by atoms with E-state index in [2.05, 4.69) is 27.0 Å². The van der Waals surface area contributed by atoms with E-state index in [9.17, 15) is 9.59 Å². The second-order valence-corrected chi connectivity index (χ2v) is 9.68. The summed E-state index contributed by atoms with van der Waals surface area (Å²) in [6.07, 6.45) is 5.98. The third kappa shape index (κ3) is 5.53. The number of hydrogen-bond acceptors (Lipinski definition) is 10. The number of benzene rings is 1. The molecule has 0 amide bonds. The fourth-order valence-corrected chi connectivity index (χ4v) is 4.91. The number of nitrogens with one attached hydrogen (secondary N) is 1. The van der Waals surface area contributed by atoms with Crippen LogP contribution in [0.3, 0.4) is 0 Å². The molecular formula is C28H33N7O5. The summed E-state index contributed by atoms with van der Waals surface area (Å²) in [6, 6.07) is 5.56. The Hall–Kier alpha value is -4.32. The predicted octanol–water partition coefficient (Wildman–Crippen LogP) is 2.69. The second kappa shape index (κ2) is 11.8. The van der Waals surface area contributed by atoms with E-state index in [-0.39, 0.29) is 17.2 Å². The molecule has 4 heterocycles. The summed E-state index contributed by atoms with van der Waals surface area (Å²) < 4.78 is 13.8. The van der Waals surface area contributed by atoms with E-state index in [0.717, 1.165) is 31.4 Å². The van der Waals surface area contributed by atoms with Gasteiger partial charge in [-0.2, -0.15) is 5.10 Å². The summed E-state index contributed by atoms with van der Waals surface area (Å²) in [5.74, 6) is 1.80. The highest BCUT2D eigenvalue weighted by Gasteiger charge is 2.24. The van der Waals surface area contributed by atoms with Crippen molar-refractivity contribution in [2.24, 2.45) is 7.05 Å². The molecule has 1 saturated heterocycles. The van der Waals surface area contributed by atoms with Gasteiger partial charge in [0.25, 0.3) is 5.56 Å². The monoisotopic (exact) mass is 547 g/mol. The Labute approximate surface area is 231 Å². The number of piperidine rings is 1. The molecule has 3 aromatic heterocycles. The molecule has 0 atom stereocenters. The number of ether oxygens (including phenoxy) is 2. The number of rotatable bonds is 10. The molecule has 1 aromatic carbocycles. The topological polar surface area (TPSA) is 148 Å². The largest absolute Gasteiger partial charge is 0.493 e. The van der Waals surface area contributed by atoms with Crippen LogP contribution in [0.25, 0.3) is 22.4 Å². The van der Waals surface area contributed by atoms with E-state index in [4.69, 9.17) is 19.6 Å². The number of nitrogens with zero attached hydrogens (tertiary/aromatic N) is 6. The molecule has 0 saturated carbocycles. The molecule has 0 unspecified atom stereocenters. The van der Waals surface area contributed by atoms with E-state index in [1.165, 1.54) is 12.4 Å². The lowest BCUT2D eigenvalue weighted by molar-refractivity contribution is 0.0903. The molecule has 5 rings (SSSR count). The summed E-state index contributed by atoms with van der Waals surface area (Å²) in [7, 11) is 1.75. The highest BCUT2D eigenvalue weighted by atomic mass is 16.5. The van der Waals surface area contributed by atoms with Crippen LogP contribution in [0.4, 0.5) is 5.95 Å². The van der Waals surface area contributed by atoms with Gasteiger partial charge in [-0.1, -0.05) is 13.3 Å². The molecule has 2 N–H and O–H groups in total. The summed E-state index contributed by atoms with van der Waals surface area (Å²) in [5.41, 5.74) is 2.52.